The number of para-hydroxylation sites is 1. The molecule has 1 heterocycles. The molecule has 3 aromatic rings. The highest BCUT2D eigenvalue weighted by atomic mass is 19.1. The molecule has 0 atom stereocenters. The number of halogens is 1. The van der Waals surface area contributed by atoms with Gasteiger partial charge in [0, 0.05) is 18.3 Å². The molecule has 1 aromatic heterocycles. The minimum Gasteiger partial charge on any atom is -0.451 e. The quantitative estimate of drug-likeness (QED) is 0.570. The molecule has 0 unspecified atom stereocenters. The minimum absolute atomic E-state index is 0.120. The number of ether oxygens (including phenoxy) is 1. The Morgan fingerprint density at radius 1 is 1.03 bits per heavy atom. The molecule has 0 saturated carbocycles. The first-order valence-corrected chi connectivity index (χ1v) is 9.81. The molecule has 0 radical (unpaired) electrons. The maximum Gasteiger partial charge on any atom is 0.410 e. The molecule has 3 rings (SSSR count). The fourth-order valence-corrected chi connectivity index (χ4v) is 2.85. The summed E-state index contributed by atoms with van der Waals surface area (Å²) >= 11 is 0. The highest BCUT2D eigenvalue weighted by Gasteiger charge is 2.21. The second-order valence-corrected chi connectivity index (χ2v) is 8.12. The zero-order valence-corrected chi connectivity index (χ0v) is 17.9. The summed E-state index contributed by atoms with van der Waals surface area (Å²) in [6, 6.07) is 16.2. The fourth-order valence-electron chi connectivity index (χ4n) is 2.85. The Morgan fingerprint density at radius 3 is 2.39 bits per heavy atom. The molecule has 0 aliphatic heterocycles. The third-order valence-corrected chi connectivity index (χ3v) is 4.34. The van der Waals surface area contributed by atoms with E-state index in [1.165, 1.54) is 17.0 Å². The van der Waals surface area contributed by atoms with Gasteiger partial charge in [-0.2, -0.15) is 0 Å². The summed E-state index contributed by atoms with van der Waals surface area (Å²) in [7, 11) is 1.63. The number of anilines is 1. The average molecular weight is 424 g/mol. The topological polar surface area (TPSA) is 71.8 Å². The molecular weight excluding hydrogens is 399 g/mol. The minimum atomic E-state index is -0.597. The van der Waals surface area contributed by atoms with Gasteiger partial charge in [0.15, 0.2) is 5.76 Å². The first-order chi connectivity index (χ1) is 14.6. The van der Waals surface area contributed by atoms with Crippen LogP contribution in [0.5, 0.6) is 0 Å². The van der Waals surface area contributed by atoms with E-state index in [4.69, 9.17) is 9.15 Å². The molecule has 6 nitrogen and oxygen atoms in total. The number of nitrogens with one attached hydrogen (secondary N) is 1. The largest absolute Gasteiger partial charge is 0.451 e. The van der Waals surface area contributed by atoms with Crippen molar-refractivity contribution < 1.29 is 23.1 Å². The Balaban J connectivity index is 1.71. The van der Waals surface area contributed by atoms with Gasteiger partial charge in [-0.1, -0.05) is 18.2 Å². The lowest BCUT2D eigenvalue weighted by atomic mass is 10.1. The summed E-state index contributed by atoms with van der Waals surface area (Å²) in [6.07, 6.45) is -0.455. The van der Waals surface area contributed by atoms with Gasteiger partial charge in [0.25, 0.3) is 5.91 Å². The zero-order valence-electron chi connectivity index (χ0n) is 17.9. The van der Waals surface area contributed by atoms with Crippen LogP contribution in [0, 0.1) is 5.82 Å². The van der Waals surface area contributed by atoms with Crippen molar-refractivity contribution in [2.75, 3.05) is 12.4 Å². The van der Waals surface area contributed by atoms with Crippen LogP contribution in [0.15, 0.2) is 65.1 Å². The standard InChI is InChI=1S/C24H25FN2O4/c1-24(2,3)31-23(29)27(4)15-17-7-5-6-8-19(17)26-22(28)21-14-13-20(30-21)16-9-11-18(25)12-10-16/h5-14H,15H2,1-4H3,(H,26,28). The number of benzene rings is 2. The fraction of sp³-hybridized carbons (Fsp3) is 0.250. The summed E-state index contributed by atoms with van der Waals surface area (Å²) in [5.41, 5.74) is 1.37. The summed E-state index contributed by atoms with van der Waals surface area (Å²) in [4.78, 5) is 26.4. The number of furan rings is 1. The van der Waals surface area contributed by atoms with Gasteiger partial charge in [-0.15, -0.1) is 0 Å². The van der Waals surface area contributed by atoms with E-state index in [2.05, 4.69) is 5.32 Å². The van der Waals surface area contributed by atoms with Gasteiger partial charge in [-0.3, -0.25) is 4.79 Å². The molecule has 0 saturated heterocycles. The third-order valence-electron chi connectivity index (χ3n) is 4.34. The molecule has 0 fully saturated rings. The predicted octanol–water partition coefficient (Wildman–Crippen LogP) is 5.70. The van der Waals surface area contributed by atoms with Crippen molar-refractivity contribution in [1.29, 1.82) is 0 Å². The number of carbonyl (C=O) groups excluding carboxylic acids is 2. The van der Waals surface area contributed by atoms with E-state index >= 15 is 0 Å². The van der Waals surface area contributed by atoms with Gasteiger partial charge in [0.1, 0.15) is 17.2 Å². The Bertz CT molecular complexity index is 1070. The first-order valence-electron chi connectivity index (χ1n) is 9.81. The van der Waals surface area contributed by atoms with Gasteiger partial charge >= 0.3 is 6.09 Å². The first kappa shape index (κ1) is 22.1. The molecule has 1 N–H and O–H groups in total. The van der Waals surface area contributed by atoms with Crippen molar-refractivity contribution in [3.8, 4) is 11.3 Å². The Kier molecular flexibility index (Phi) is 6.44. The number of rotatable bonds is 5. The molecule has 0 spiro atoms. The molecule has 0 aliphatic carbocycles. The molecular formula is C24H25FN2O4. The van der Waals surface area contributed by atoms with Gasteiger partial charge < -0.3 is 19.4 Å². The molecule has 31 heavy (non-hydrogen) atoms. The SMILES string of the molecule is CN(Cc1ccccc1NC(=O)c1ccc(-c2ccc(F)cc2)o1)C(=O)OC(C)(C)C. The molecule has 162 valence electrons. The number of amides is 2. The Hall–Kier alpha value is -3.61. The van der Waals surface area contributed by atoms with E-state index in [0.717, 1.165) is 5.56 Å². The highest BCUT2D eigenvalue weighted by Crippen LogP contribution is 2.24. The zero-order chi connectivity index (χ0) is 22.6. The summed E-state index contributed by atoms with van der Waals surface area (Å²) in [6.45, 7) is 5.66. The van der Waals surface area contributed by atoms with Crippen LogP contribution in [0.2, 0.25) is 0 Å². The van der Waals surface area contributed by atoms with Crippen LogP contribution in [-0.2, 0) is 11.3 Å². The van der Waals surface area contributed by atoms with Crippen LogP contribution < -0.4 is 5.32 Å². The molecule has 2 amide bonds. The molecule has 0 bridgehead atoms. The maximum atomic E-state index is 13.1. The summed E-state index contributed by atoms with van der Waals surface area (Å²) < 4.78 is 24.1. The van der Waals surface area contributed by atoms with E-state index in [1.54, 1.807) is 64.2 Å². The van der Waals surface area contributed by atoms with Crippen molar-refractivity contribution in [2.24, 2.45) is 0 Å². The normalized spacial score (nSPS) is 11.1. The number of hydrogen-bond donors (Lipinski definition) is 1. The van der Waals surface area contributed by atoms with Crippen LogP contribution in [0.25, 0.3) is 11.3 Å². The van der Waals surface area contributed by atoms with E-state index in [9.17, 15) is 14.0 Å². The van der Waals surface area contributed by atoms with Crippen molar-refractivity contribution in [1.82, 2.24) is 4.90 Å². The molecule has 7 heteroatoms. The van der Waals surface area contributed by atoms with Crippen molar-refractivity contribution >= 4 is 17.7 Å². The average Bonchev–Trinajstić information content (AvgIpc) is 3.19. The van der Waals surface area contributed by atoms with E-state index in [1.807, 2.05) is 12.1 Å². The molecule has 0 aliphatic rings. The monoisotopic (exact) mass is 424 g/mol. The number of hydrogen-bond acceptors (Lipinski definition) is 4. The van der Waals surface area contributed by atoms with Crippen LogP contribution in [0.1, 0.15) is 36.9 Å². The van der Waals surface area contributed by atoms with Gasteiger partial charge in [-0.05, 0) is 68.8 Å². The second-order valence-electron chi connectivity index (χ2n) is 8.12. The van der Waals surface area contributed by atoms with E-state index < -0.39 is 17.6 Å². The van der Waals surface area contributed by atoms with Crippen LogP contribution in [0.4, 0.5) is 14.9 Å². The van der Waals surface area contributed by atoms with Gasteiger partial charge in [0.2, 0.25) is 0 Å². The smallest absolute Gasteiger partial charge is 0.410 e. The summed E-state index contributed by atoms with van der Waals surface area (Å²) in [5.74, 6) is -0.195. The van der Waals surface area contributed by atoms with Crippen LogP contribution in [-0.4, -0.2) is 29.5 Å². The maximum absolute atomic E-state index is 13.1. The van der Waals surface area contributed by atoms with Crippen LogP contribution in [0.3, 0.4) is 0 Å². The lowest BCUT2D eigenvalue weighted by Crippen LogP contribution is -2.34. The number of carbonyl (C=O) groups is 2. The predicted molar refractivity (Wildman–Crippen MR) is 116 cm³/mol. The van der Waals surface area contributed by atoms with Crippen LogP contribution >= 0.6 is 0 Å². The third kappa shape index (κ3) is 5.94. The van der Waals surface area contributed by atoms with Crippen molar-refractivity contribution in [2.45, 2.75) is 32.9 Å². The van der Waals surface area contributed by atoms with E-state index in [0.29, 0.717) is 17.0 Å². The van der Waals surface area contributed by atoms with Crippen molar-refractivity contribution in [3.63, 3.8) is 0 Å². The van der Waals surface area contributed by atoms with Gasteiger partial charge in [-0.25, -0.2) is 9.18 Å². The van der Waals surface area contributed by atoms with Crippen molar-refractivity contribution in [3.05, 3.63) is 77.8 Å². The highest BCUT2D eigenvalue weighted by molar-refractivity contribution is 6.03. The second kappa shape index (κ2) is 9.04. The Labute approximate surface area is 180 Å². The summed E-state index contributed by atoms with van der Waals surface area (Å²) in [5, 5.41) is 2.82. The lowest BCUT2D eigenvalue weighted by molar-refractivity contribution is 0.0285. The molecule has 2 aromatic carbocycles. The van der Waals surface area contributed by atoms with E-state index in [-0.39, 0.29) is 18.1 Å². The lowest BCUT2D eigenvalue weighted by Gasteiger charge is -2.25. The Morgan fingerprint density at radius 2 is 1.71 bits per heavy atom. The number of nitrogens with zero attached hydrogens (tertiary/aromatic N) is 1. The van der Waals surface area contributed by atoms with Gasteiger partial charge in [0.05, 0.1) is 6.54 Å².